The lowest BCUT2D eigenvalue weighted by Gasteiger charge is -2.43. The zero-order valence-corrected chi connectivity index (χ0v) is 28.9. The summed E-state index contributed by atoms with van der Waals surface area (Å²) in [5.74, 6) is 1.91. The van der Waals surface area contributed by atoms with Crippen molar-refractivity contribution < 1.29 is 48.2 Å². The molecule has 1 aliphatic heterocycles. The Hall–Kier alpha value is -4.39. The van der Waals surface area contributed by atoms with E-state index in [2.05, 4.69) is 6.07 Å². The summed E-state index contributed by atoms with van der Waals surface area (Å²) in [4.78, 5) is 13.6. The van der Waals surface area contributed by atoms with Crippen LogP contribution in [0.15, 0.2) is 84.9 Å². The molecule has 268 valence electrons. The van der Waals surface area contributed by atoms with Crippen molar-refractivity contribution in [1.82, 2.24) is 4.90 Å². The quantitative estimate of drug-likeness (QED) is 0.122. The number of likely N-dealkylation sites (tertiary alicyclic amines) is 1. The van der Waals surface area contributed by atoms with Gasteiger partial charge in [-0.3, -0.25) is 0 Å². The van der Waals surface area contributed by atoms with E-state index < -0.39 is 24.4 Å². The second kappa shape index (κ2) is 18.6. The van der Waals surface area contributed by atoms with Gasteiger partial charge in [0.1, 0.15) is 23.4 Å². The van der Waals surface area contributed by atoms with Gasteiger partial charge in [0.25, 0.3) is 0 Å². The van der Waals surface area contributed by atoms with Crippen LogP contribution in [0.25, 0.3) is 10.8 Å². The van der Waals surface area contributed by atoms with Crippen LogP contribution in [0, 0.1) is 0 Å². The first-order valence-electron chi connectivity index (χ1n) is 16.8. The summed E-state index contributed by atoms with van der Waals surface area (Å²) in [6.45, 7) is 2.06. The van der Waals surface area contributed by atoms with Gasteiger partial charge in [0, 0.05) is 30.4 Å². The minimum Gasteiger partial charge on any atom is -0.496 e. The highest BCUT2D eigenvalue weighted by Crippen LogP contribution is 2.35. The fraction of sp³-hybridized carbons (Fsp3) is 0.410. The number of carbonyl (C=O) groups is 1. The van der Waals surface area contributed by atoms with E-state index in [0.717, 1.165) is 39.0 Å². The van der Waals surface area contributed by atoms with E-state index in [1.54, 1.807) is 14.2 Å². The first-order chi connectivity index (χ1) is 24.4. The topological polar surface area (TPSA) is 125 Å². The van der Waals surface area contributed by atoms with Gasteiger partial charge in [-0.05, 0) is 46.8 Å². The van der Waals surface area contributed by atoms with Crippen LogP contribution < -0.4 is 14.2 Å². The number of nitrogens with zero attached hydrogens (tertiary/aromatic N) is 1. The molecule has 0 aromatic heterocycles. The van der Waals surface area contributed by atoms with Gasteiger partial charge in [0.2, 0.25) is 0 Å². The van der Waals surface area contributed by atoms with Gasteiger partial charge in [0.15, 0.2) is 0 Å². The van der Waals surface area contributed by atoms with E-state index in [1.165, 1.54) is 12.0 Å². The van der Waals surface area contributed by atoms with Crippen molar-refractivity contribution in [3.8, 4) is 17.2 Å². The van der Waals surface area contributed by atoms with Crippen LogP contribution in [-0.4, -0.2) is 100 Å². The van der Waals surface area contributed by atoms with Crippen molar-refractivity contribution in [3.63, 3.8) is 0 Å². The number of aliphatic hydroxyl groups excluding tert-OH is 1. The molecular formula is C39H47NO10. The maximum atomic E-state index is 12.2. The Bertz CT molecular complexity index is 1650. The predicted octanol–water partition coefficient (Wildman–Crippen LogP) is 5.90. The predicted molar refractivity (Wildman–Crippen MR) is 188 cm³/mol. The average molecular weight is 690 g/mol. The number of benzene rings is 4. The van der Waals surface area contributed by atoms with Crippen LogP contribution in [0.2, 0.25) is 0 Å². The highest BCUT2D eigenvalue weighted by atomic mass is 16.5. The highest BCUT2D eigenvalue weighted by molar-refractivity contribution is 5.89. The fourth-order valence-electron chi connectivity index (χ4n) is 6.28. The Kier molecular flexibility index (Phi) is 13.7. The third-order valence-corrected chi connectivity index (χ3v) is 8.72. The normalized spacial score (nSPS) is 18.2. The molecule has 1 aliphatic rings. The third kappa shape index (κ3) is 9.86. The van der Waals surface area contributed by atoms with Crippen molar-refractivity contribution in [2.24, 2.45) is 0 Å². The molecule has 0 bridgehead atoms. The molecule has 5 rings (SSSR count). The summed E-state index contributed by atoms with van der Waals surface area (Å²) >= 11 is 0. The lowest BCUT2D eigenvalue weighted by molar-refractivity contribution is -0.107. The molecule has 50 heavy (non-hydrogen) atoms. The van der Waals surface area contributed by atoms with Gasteiger partial charge in [-0.15, -0.1) is 0 Å². The van der Waals surface area contributed by atoms with Crippen LogP contribution in [0.1, 0.15) is 29.0 Å². The molecule has 4 aromatic rings. The van der Waals surface area contributed by atoms with E-state index in [0.29, 0.717) is 32.0 Å². The van der Waals surface area contributed by atoms with E-state index in [9.17, 15) is 15.0 Å². The number of aliphatic hydroxyl groups is 1. The van der Waals surface area contributed by atoms with E-state index in [-0.39, 0.29) is 38.8 Å². The zero-order chi connectivity index (χ0) is 35.3. The maximum Gasteiger partial charge on any atom is 0.407 e. The summed E-state index contributed by atoms with van der Waals surface area (Å²) in [5, 5.41) is 22.4. The Morgan fingerprint density at radius 3 is 2.28 bits per heavy atom. The Morgan fingerprint density at radius 1 is 0.820 bits per heavy atom. The maximum absolute atomic E-state index is 12.2. The van der Waals surface area contributed by atoms with E-state index >= 15 is 0 Å². The number of methoxy groups -OCH3 is 3. The number of rotatable bonds is 18. The summed E-state index contributed by atoms with van der Waals surface area (Å²) in [6.07, 6.45) is -2.35. The molecule has 11 nitrogen and oxygen atoms in total. The number of ether oxygens (including phenoxy) is 7. The van der Waals surface area contributed by atoms with Gasteiger partial charge in [-0.1, -0.05) is 54.6 Å². The second-order valence-corrected chi connectivity index (χ2v) is 12.2. The second-order valence-electron chi connectivity index (χ2n) is 12.2. The van der Waals surface area contributed by atoms with Gasteiger partial charge >= 0.3 is 6.09 Å². The number of fused-ring (bicyclic) bond motifs is 1. The number of hydrogen-bond acceptors (Lipinski definition) is 9. The third-order valence-electron chi connectivity index (χ3n) is 8.72. The SMILES string of the molecule is COC[C@@H](O)CO[C@@H]1CN(C(=O)O)C[C@H](OCc2cc(OC)c3ccccc3c2)[C@H]1c1ccc(OCCCOCc2ccccc2OC)cc1. The fourth-order valence-corrected chi connectivity index (χ4v) is 6.28. The summed E-state index contributed by atoms with van der Waals surface area (Å²) in [7, 11) is 4.79. The highest BCUT2D eigenvalue weighted by Gasteiger charge is 2.41. The lowest BCUT2D eigenvalue weighted by atomic mass is 9.84. The molecule has 0 saturated carbocycles. The van der Waals surface area contributed by atoms with Crippen molar-refractivity contribution in [2.45, 2.75) is 43.9 Å². The van der Waals surface area contributed by atoms with Gasteiger partial charge in [0.05, 0.1) is 79.2 Å². The number of para-hydroxylation sites is 1. The first kappa shape index (κ1) is 36.9. The van der Waals surface area contributed by atoms with Gasteiger partial charge in [-0.25, -0.2) is 4.79 Å². The minimum atomic E-state index is -1.06. The summed E-state index contributed by atoms with van der Waals surface area (Å²) in [5.41, 5.74) is 2.81. The van der Waals surface area contributed by atoms with Gasteiger partial charge in [-0.2, -0.15) is 0 Å². The molecule has 0 unspecified atom stereocenters. The Morgan fingerprint density at radius 2 is 1.54 bits per heavy atom. The minimum absolute atomic E-state index is 0.0165. The largest absolute Gasteiger partial charge is 0.496 e. The molecule has 0 aliphatic carbocycles. The number of hydrogen-bond donors (Lipinski definition) is 2. The van der Waals surface area contributed by atoms with Gasteiger partial charge < -0.3 is 48.3 Å². The zero-order valence-electron chi connectivity index (χ0n) is 28.9. The molecule has 4 aromatic carbocycles. The van der Waals surface area contributed by atoms with Crippen LogP contribution in [0.5, 0.6) is 17.2 Å². The lowest BCUT2D eigenvalue weighted by Crippen LogP contribution is -2.54. The van der Waals surface area contributed by atoms with E-state index in [1.807, 2.05) is 78.9 Å². The van der Waals surface area contributed by atoms with Crippen LogP contribution in [0.3, 0.4) is 0 Å². The molecule has 0 radical (unpaired) electrons. The Balaban J connectivity index is 1.27. The smallest absolute Gasteiger partial charge is 0.407 e. The van der Waals surface area contributed by atoms with Crippen LogP contribution in [0.4, 0.5) is 4.79 Å². The van der Waals surface area contributed by atoms with Crippen molar-refractivity contribution >= 4 is 16.9 Å². The molecular weight excluding hydrogens is 642 g/mol. The average Bonchev–Trinajstić information content (AvgIpc) is 3.14. The summed E-state index contributed by atoms with van der Waals surface area (Å²) in [6, 6.07) is 27.5. The molecule has 1 saturated heterocycles. The number of carboxylic acid groups (broad SMARTS) is 1. The molecule has 1 heterocycles. The molecule has 0 spiro atoms. The molecule has 1 amide bonds. The van der Waals surface area contributed by atoms with Crippen molar-refractivity contribution in [2.75, 3.05) is 60.8 Å². The first-order valence-corrected chi connectivity index (χ1v) is 16.8. The number of amides is 1. The Labute approximate surface area is 293 Å². The van der Waals surface area contributed by atoms with E-state index in [4.69, 9.17) is 33.2 Å². The monoisotopic (exact) mass is 689 g/mol. The van der Waals surface area contributed by atoms with Crippen molar-refractivity contribution in [3.05, 3.63) is 102 Å². The standard InChI is InChI=1S/C39H47NO10/c1-44-25-31(41)26-50-37-22-40(39(42)43)21-36(49-23-27-19-29-9-4-6-11-33(29)35(20-27)46-3)38(37)28-13-15-32(16-14-28)48-18-8-17-47-24-30-10-5-7-12-34(30)45-2/h4-7,9-16,19-20,31,36-38,41H,8,17-18,21-26H2,1-3H3,(H,42,43)/t31-,36+,37-,38-/m1/s1. The molecule has 11 heteroatoms. The van der Waals surface area contributed by atoms with Crippen molar-refractivity contribution in [1.29, 1.82) is 0 Å². The molecule has 4 atom stereocenters. The van der Waals surface area contributed by atoms with Crippen LogP contribution >= 0.6 is 0 Å². The number of piperidine rings is 1. The van der Waals surface area contributed by atoms with Crippen LogP contribution in [-0.2, 0) is 32.2 Å². The molecule has 1 fully saturated rings. The molecule has 2 N–H and O–H groups in total. The summed E-state index contributed by atoms with van der Waals surface area (Å²) < 4.78 is 40.7.